The van der Waals surface area contributed by atoms with Crippen LogP contribution in [0, 0.1) is 0 Å². The molecule has 6 heteroatoms. The number of hydrogen-bond donors (Lipinski definition) is 0. The summed E-state index contributed by atoms with van der Waals surface area (Å²) < 4.78 is 5.38. The van der Waals surface area contributed by atoms with Gasteiger partial charge in [0.2, 0.25) is 0 Å². The third-order valence-electron chi connectivity index (χ3n) is 3.04. The fraction of sp³-hybridized carbons (Fsp3) is 0.500. The molecule has 1 amide bonds. The molecule has 0 saturated heterocycles. The topological polar surface area (TPSA) is 46.6 Å². The van der Waals surface area contributed by atoms with Crippen LogP contribution in [0.2, 0.25) is 10.0 Å². The zero-order chi connectivity index (χ0) is 16.9. The fourth-order valence-electron chi connectivity index (χ4n) is 1.99. The zero-order valence-electron chi connectivity index (χ0n) is 13.2. The van der Waals surface area contributed by atoms with Crippen LogP contribution in [0.3, 0.4) is 0 Å². The Morgan fingerprint density at radius 3 is 2.45 bits per heavy atom. The summed E-state index contributed by atoms with van der Waals surface area (Å²) in [7, 11) is 1.64. The van der Waals surface area contributed by atoms with E-state index in [0.717, 1.165) is 11.8 Å². The number of aldehydes is 1. The Morgan fingerprint density at radius 2 is 1.95 bits per heavy atom. The van der Waals surface area contributed by atoms with Crippen LogP contribution in [0.25, 0.3) is 0 Å². The maximum absolute atomic E-state index is 12.2. The first-order chi connectivity index (χ1) is 10.2. The quantitative estimate of drug-likeness (QED) is 0.714. The zero-order valence-corrected chi connectivity index (χ0v) is 14.7. The van der Waals surface area contributed by atoms with Crippen molar-refractivity contribution < 1.29 is 14.3 Å². The van der Waals surface area contributed by atoms with E-state index in [1.807, 2.05) is 0 Å². The smallest absolute Gasteiger partial charge is 0.410 e. The van der Waals surface area contributed by atoms with Gasteiger partial charge in [-0.05, 0) is 44.9 Å². The number of carbonyl (C=O) groups excluding carboxylic acids is 2. The summed E-state index contributed by atoms with van der Waals surface area (Å²) in [5.41, 5.74) is 0.225. The molecule has 1 aromatic carbocycles. The van der Waals surface area contributed by atoms with Crippen LogP contribution in [-0.2, 0) is 9.53 Å². The summed E-state index contributed by atoms with van der Waals surface area (Å²) in [5.74, 6) is 0. The van der Waals surface area contributed by atoms with Crippen LogP contribution in [-0.4, -0.2) is 29.9 Å². The molecule has 0 radical (unpaired) electrons. The van der Waals surface area contributed by atoms with Gasteiger partial charge in [0.05, 0.1) is 16.1 Å². The van der Waals surface area contributed by atoms with Gasteiger partial charge in [-0.3, -0.25) is 0 Å². The molecule has 0 saturated carbocycles. The molecule has 1 unspecified atom stereocenters. The minimum absolute atomic E-state index is 0.310. The Morgan fingerprint density at radius 1 is 1.32 bits per heavy atom. The van der Waals surface area contributed by atoms with E-state index in [1.54, 1.807) is 46.0 Å². The highest BCUT2D eigenvalue weighted by Crippen LogP contribution is 2.31. The van der Waals surface area contributed by atoms with Crippen LogP contribution in [0.4, 0.5) is 4.79 Å². The Labute approximate surface area is 141 Å². The molecule has 22 heavy (non-hydrogen) atoms. The van der Waals surface area contributed by atoms with Crippen molar-refractivity contribution in [2.24, 2.45) is 0 Å². The molecule has 0 spiro atoms. The van der Waals surface area contributed by atoms with Crippen LogP contribution >= 0.6 is 23.2 Å². The molecular formula is C16H21Cl2NO3. The summed E-state index contributed by atoms with van der Waals surface area (Å²) in [5, 5.41) is 0.854. The number of nitrogens with zero attached hydrogens (tertiary/aromatic N) is 1. The van der Waals surface area contributed by atoms with Crippen molar-refractivity contribution in [3.63, 3.8) is 0 Å². The maximum Gasteiger partial charge on any atom is 0.410 e. The molecule has 0 aromatic heterocycles. The lowest BCUT2D eigenvalue weighted by Gasteiger charge is -2.31. The molecule has 1 atom stereocenters. The Hall–Kier alpha value is -1.26. The largest absolute Gasteiger partial charge is 0.444 e. The van der Waals surface area contributed by atoms with Crippen LogP contribution < -0.4 is 0 Å². The average Bonchev–Trinajstić information content (AvgIpc) is 2.40. The van der Waals surface area contributed by atoms with E-state index in [0.29, 0.717) is 22.9 Å². The van der Waals surface area contributed by atoms with Gasteiger partial charge in [-0.1, -0.05) is 29.3 Å². The first-order valence-corrected chi connectivity index (χ1v) is 7.75. The van der Waals surface area contributed by atoms with Gasteiger partial charge in [0.15, 0.2) is 0 Å². The Kier molecular flexibility index (Phi) is 6.69. The number of benzene rings is 1. The lowest BCUT2D eigenvalue weighted by molar-refractivity contribution is -0.108. The molecule has 0 aliphatic carbocycles. The van der Waals surface area contributed by atoms with Crippen molar-refractivity contribution in [1.29, 1.82) is 0 Å². The van der Waals surface area contributed by atoms with Gasteiger partial charge in [-0.2, -0.15) is 0 Å². The van der Waals surface area contributed by atoms with Crippen LogP contribution in [0.5, 0.6) is 0 Å². The molecule has 0 fully saturated rings. The molecule has 0 aliphatic rings. The normalized spacial score (nSPS) is 12.6. The first-order valence-electron chi connectivity index (χ1n) is 7.00. The number of amides is 1. The van der Waals surface area contributed by atoms with Crippen LogP contribution in [0.15, 0.2) is 18.2 Å². The third-order valence-corrected chi connectivity index (χ3v) is 3.77. The molecule has 0 bridgehead atoms. The number of ether oxygens (including phenoxy) is 1. The van der Waals surface area contributed by atoms with Gasteiger partial charge in [-0.25, -0.2) is 4.79 Å². The summed E-state index contributed by atoms with van der Waals surface area (Å²) in [6.45, 7) is 5.41. The Bertz CT molecular complexity index is 541. The molecule has 0 heterocycles. The standard InChI is InChI=1S/C16H21Cl2NO3/c1-16(2,3)22-15(21)19(4)14(6-5-9-20)11-7-8-12(17)13(18)10-11/h7-10,14H,5-6H2,1-4H3. The van der Waals surface area contributed by atoms with E-state index < -0.39 is 11.7 Å². The molecule has 0 aliphatic heterocycles. The number of halogens is 2. The van der Waals surface area contributed by atoms with Gasteiger partial charge < -0.3 is 14.4 Å². The monoisotopic (exact) mass is 345 g/mol. The third kappa shape index (κ3) is 5.50. The minimum Gasteiger partial charge on any atom is -0.444 e. The lowest BCUT2D eigenvalue weighted by atomic mass is 10.0. The molecule has 0 N–H and O–H groups in total. The van der Waals surface area contributed by atoms with E-state index in [2.05, 4.69) is 0 Å². The first kappa shape index (κ1) is 18.8. The SMILES string of the molecule is CN(C(=O)OC(C)(C)C)C(CCC=O)c1ccc(Cl)c(Cl)c1. The van der Waals surface area contributed by atoms with E-state index in [4.69, 9.17) is 27.9 Å². The molecule has 1 aromatic rings. The summed E-state index contributed by atoms with van der Waals surface area (Å²) >= 11 is 12.0. The molecular weight excluding hydrogens is 325 g/mol. The number of hydrogen-bond acceptors (Lipinski definition) is 3. The summed E-state index contributed by atoms with van der Waals surface area (Å²) in [4.78, 5) is 24.4. The highest BCUT2D eigenvalue weighted by molar-refractivity contribution is 6.42. The van der Waals surface area contributed by atoms with Crippen molar-refractivity contribution in [2.45, 2.75) is 45.3 Å². The van der Waals surface area contributed by atoms with Crippen molar-refractivity contribution in [2.75, 3.05) is 7.05 Å². The summed E-state index contributed by atoms with van der Waals surface area (Å²) in [6.07, 6.45) is 1.19. The van der Waals surface area contributed by atoms with E-state index in [-0.39, 0.29) is 6.04 Å². The van der Waals surface area contributed by atoms with Crippen molar-refractivity contribution in [1.82, 2.24) is 4.90 Å². The predicted molar refractivity (Wildman–Crippen MR) is 88.5 cm³/mol. The Balaban J connectivity index is 3.03. The average molecular weight is 346 g/mol. The van der Waals surface area contributed by atoms with E-state index in [1.165, 1.54) is 4.90 Å². The number of carbonyl (C=O) groups is 2. The van der Waals surface area contributed by atoms with Gasteiger partial charge in [-0.15, -0.1) is 0 Å². The van der Waals surface area contributed by atoms with Gasteiger partial charge in [0, 0.05) is 13.5 Å². The highest BCUT2D eigenvalue weighted by atomic mass is 35.5. The van der Waals surface area contributed by atoms with Crippen LogP contribution in [0.1, 0.15) is 45.2 Å². The van der Waals surface area contributed by atoms with Crippen molar-refractivity contribution in [3.05, 3.63) is 33.8 Å². The van der Waals surface area contributed by atoms with Gasteiger partial charge in [0.1, 0.15) is 11.9 Å². The molecule has 4 nitrogen and oxygen atoms in total. The van der Waals surface area contributed by atoms with E-state index >= 15 is 0 Å². The summed E-state index contributed by atoms with van der Waals surface area (Å²) in [6, 6.07) is 4.87. The second kappa shape index (κ2) is 7.84. The van der Waals surface area contributed by atoms with Crippen molar-refractivity contribution in [3.8, 4) is 0 Å². The van der Waals surface area contributed by atoms with Gasteiger partial charge >= 0.3 is 6.09 Å². The molecule has 122 valence electrons. The lowest BCUT2D eigenvalue weighted by Crippen LogP contribution is -2.36. The molecule has 1 rings (SSSR count). The second-order valence-electron chi connectivity index (χ2n) is 6.02. The maximum atomic E-state index is 12.2. The predicted octanol–water partition coefficient (Wildman–Crippen LogP) is 4.88. The van der Waals surface area contributed by atoms with Gasteiger partial charge in [0.25, 0.3) is 0 Å². The fourth-order valence-corrected chi connectivity index (χ4v) is 2.30. The number of rotatable bonds is 5. The highest BCUT2D eigenvalue weighted by Gasteiger charge is 2.26. The minimum atomic E-state index is -0.585. The van der Waals surface area contributed by atoms with E-state index in [9.17, 15) is 9.59 Å². The van der Waals surface area contributed by atoms with Crippen molar-refractivity contribution >= 4 is 35.6 Å². The second-order valence-corrected chi connectivity index (χ2v) is 6.84.